The monoisotopic (exact) mass is 305 g/mol. The summed E-state index contributed by atoms with van der Waals surface area (Å²) in [7, 11) is 0. The summed E-state index contributed by atoms with van der Waals surface area (Å²) in [5.74, 6) is -0.365. The Morgan fingerprint density at radius 3 is 2.78 bits per heavy atom. The van der Waals surface area contributed by atoms with Crippen LogP contribution in [0.4, 0.5) is 0 Å². The highest BCUT2D eigenvalue weighted by Gasteiger charge is 2.11. The Hall–Kier alpha value is -2.01. The summed E-state index contributed by atoms with van der Waals surface area (Å²) in [5, 5.41) is 9.82. The number of carboxylic acids is 1. The number of carbonyl (C=O) groups is 1. The van der Waals surface area contributed by atoms with E-state index in [0.717, 1.165) is 15.4 Å². The largest absolute Gasteiger partial charge is 0.477 e. The zero-order valence-electron chi connectivity index (χ0n) is 9.11. The highest BCUT2D eigenvalue weighted by molar-refractivity contribution is 9.10. The molecule has 0 atom stereocenters. The van der Waals surface area contributed by atoms with Crippen molar-refractivity contribution in [2.75, 3.05) is 0 Å². The van der Waals surface area contributed by atoms with Crippen LogP contribution in [0, 0.1) is 0 Å². The Morgan fingerprint density at radius 2 is 2.06 bits per heavy atom. The van der Waals surface area contributed by atoms with Crippen LogP contribution in [-0.2, 0) is 0 Å². The van der Waals surface area contributed by atoms with E-state index in [2.05, 4.69) is 20.9 Å². The lowest BCUT2D eigenvalue weighted by molar-refractivity contribution is 0.0691. The van der Waals surface area contributed by atoms with E-state index >= 15 is 0 Å². The summed E-state index contributed by atoms with van der Waals surface area (Å²) >= 11 is 3.39. The summed E-state index contributed by atoms with van der Waals surface area (Å²) in [6.45, 7) is 0. The molecule has 0 fully saturated rings. The molecule has 2 aromatic heterocycles. The highest BCUT2D eigenvalue weighted by Crippen LogP contribution is 2.29. The Labute approximate surface area is 110 Å². The van der Waals surface area contributed by atoms with Crippen molar-refractivity contribution in [1.82, 2.24) is 4.98 Å². The summed E-state index contributed by atoms with van der Waals surface area (Å²) in [4.78, 5) is 13.6. The number of furan rings is 1. The minimum Gasteiger partial charge on any atom is -0.477 e. The molecule has 0 spiro atoms. The molecule has 3 aromatic rings. The van der Waals surface area contributed by atoms with Crippen molar-refractivity contribution < 1.29 is 14.3 Å². The molecule has 2 N–H and O–H groups in total. The minimum atomic E-state index is -0.986. The molecule has 1 aromatic carbocycles. The number of benzene rings is 1. The van der Waals surface area contributed by atoms with Gasteiger partial charge in [0.05, 0.1) is 5.69 Å². The van der Waals surface area contributed by atoms with Crippen LogP contribution in [0.1, 0.15) is 10.5 Å². The SMILES string of the molecule is O=C(O)c1ccc(-c2cc3cc(Br)ccc3o2)[nH]1. The van der Waals surface area contributed by atoms with E-state index in [1.54, 1.807) is 6.07 Å². The Morgan fingerprint density at radius 1 is 1.22 bits per heavy atom. The minimum absolute atomic E-state index is 0.145. The second-order valence-corrected chi connectivity index (χ2v) is 4.80. The summed E-state index contributed by atoms with van der Waals surface area (Å²) in [6, 6.07) is 10.8. The van der Waals surface area contributed by atoms with Gasteiger partial charge in [0, 0.05) is 9.86 Å². The lowest BCUT2D eigenvalue weighted by atomic mass is 10.2. The number of nitrogens with one attached hydrogen (secondary N) is 1. The molecule has 5 heteroatoms. The van der Waals surface area contributed by atoms with Crippen LogP contribution in [0.25, 0.3) is 22.4 Å². The van der Waals surface area contributed by atoms with Crippen LogP contribution in [0.15, 0.2) is 45.3 Å². The third-order valence-corrected chi connectivity index (χ3v) is 3.15. The number of H-pyrrole nitrogens is 1. The first-order chi connectivity index (χ1) is 8.63. The predicted molar refractivity (Wildman–Crippen MR) is 70.7 cm³/mol. The number of halogens is 1. The molecule has 0 aliphatic rings. The topological polar surface area (TPSA) is 66.2 Å². The van der Waals surface area contributed by atoms with Gasteiger partial charge in [-0.15, -0.1) is 0 Å². The molecule has 0 saturated heterocycles. The average molecular weight is 306 g/mol. The van der Waals surface area contributed by atoms with Gasteiger partial charge in [0.25, 0.3) is 0 Å². The molecule has 90 valence electrons. The van der Waals surface area contributed by atoms with Crippen LogP contribution in [0.3, 0.4) is 0 Å². The molecule has 0 aliphatic heterocycles. The van der Waals surface area contributed by atoms with Crippen molar-refractivity contribution in [2.24, 2.45) is 0 Å². The Balaban J connectivity index is 2.10. The standard InChI is InChI=1S/C13H8BrNO3/c14-8-1-4-11-7(5-8)6-12(18-11)9-2-3-10(15-9)13(16)17/h1-6,15H,(H,16,17). The normalized spacial score (nSPS) is 10.9. The number of rotatable bonds is 2. The Bertz CT molecular complexity index is 742. The van der Waals surface area contributed by atoms with Gasteiger partial charge >= 0.3 is 5.97 Å². The van der Waals surface area contributed by atoms with E-state index in [-0.39, 0.29) is 5.69 Å². The lowest BCUT2D eigenvalue weighted by Gasteiger charge is -1.90. The Kier molecular flexibility index (Phi) is 2.48. The van der Waals surface area contributed by atoms with Gasteiger partial charge in [-0.3, -0.25) is 0 Å². The van der Waals surface area contributed by atoms with E-state index in [1.165, 1.54) is 6.07 Å². The summed E-state index contributed by atoms with van der Waals surface area (Å²) in [5.41, 5.74) is 1.56. The van der Waals surface area contributed by atoms with E-state index in [9.17, 15) is 4.79 Å². The molecule has 0 radical (unpaired) electrons. The predicted octanol–water partition coefficient (Wildman–Crippen LogP) is 3.89. The second kappa shape index (κ2) is 4.03. The molecule has 2 heterocycles. The molecule has 4 nitrogen and oxygen atoms in total. The number of aromatic nitrogens is 1. The second-order valence-electron chi connectivity index (χ2n) is 3.88. The first-order valence-electron chi connectivity index (χ1n) is 5.25. The van der Waals surface area contributed by atoms with Crippen LogP contribution in [-0.4, -0.2) is 16.1 Å². The number of hydrogen-bond acceptors (Lipinski definition) is 2. The van der Waals surface area contributed by atoms with Crippen molar-refractivity contribution in [3.63, 3.8) is 0 Å². The summed E-state index contributed by atoms with van der Waals surface area (Å²) in [6.07, 6.45) is 0. The maximum Gasteiger partial charge on any atom is 0.352 e. The van der Waals surface area contributed by atoms with Crippen molar-refractivity contribution in [1.29, 1.82) is 0 Å². The van der Waals surface area contributed by atoms with Crippen LogP contribution < -0.4 is 0 Å². The first kappa shape index (κ1) is 11.1. The number of hydrogen-bond donors (Lipinski definition) is 2. The van der Waals surface area contributed by atoms with Gasteiger partial charge in [-0.05, 0) is 36.4 Å². The number of aromatic carboxylic acids is 1. The third kappa shape index (κ3) is 1.82. The van der Waals surface area contributed by atoms with Gasteiger partial charge in [-0.25, -0.2) is 4.79 Å². The highest BCUT2D eigenvalue weighted by atomic mass is 79.9. The molecule has 0 saturated carbocycles. The average Bonchev–Trinajstić information content (AvgIpc) is 2.93. The molecule has 0 unspecified atom stereocenters. The fourth-order valence-corrected chi connectivity index (χ4v) is 2.19. The van der Waals surface area contributed by atoms with Gasteiger partial charge in [-0.1, -0.05) is 15.9 Å². The smallest absolute Gasteiger partial charge is 0.352 e. The van der Waals surface area contributed by atoms with Gasteiger partial charge in [0.1, 0.15) is 11.3 Å². The lowest BCUT2D eigenvalue weighted by Crippen LogP contribution is -1.95. The van der Waals surface area contributed by atoms with Crippen LogP contribution in [0.5, 0.6) is 0 Å². The van der Waals surface area contributed by atoms with Gasteiger partial charge in [0.2, 0.25) is 0 Å². The molecule has 0 aliphatic carbocycles. The van der Waals surface area contributed by atoms with Gasteiger partial charge in [0.15, 0.2) is 5.76 Å². The van der Waals surface area contributed by atoms with E-state index < -0.39 is 5.97 Å². The fourth-order valence-electron chi connectivity index (χ4n) is 1.81. The quantitative estimate of drug-likeness (QED) is 0.755. The number of fused-ring (bicyclic) bond motifs is 1. The number of aromatic amines is 1. The van der Waals surface area contributed by atoms with Crippen LogP contribution >= 0.6 is 15.9 Å². The van der Waals surface area contributed by atoms with Crippen molar-refractivity contribution in [3.05, 3.63) is 46.6 Å². The molecular weight excluding hydrogens is 298 g/mol. The third-order valence-electron chi connectivity index (χ3n) is 2.66. The van der Waals surface area contributed by atoms with Crippen LogP contribution in [0.2, 0.25) is 0 Å². The van der Waals surface area contributed by atoms with Crippen molar-refractivity contribution in [2.45, 2.75) is 0 Å². The zero-order valence-corrected chi connectivity index (χ0v) is 10.7. The van der Waals surface area contributed by atoms with E-state index in [4.69, 9.17) is 9.52 Å². The van der Waals surface area contributed by atoms with Crippen molar-refractivity contribution >= 4 is 32.9 Å². The molecule has 0 amide bonds. The zero-order chi connectivity index (χ0) is 12.7. The molecule has 0 bridgehead atoms. The molecule has 3 rings (SSSR count). The first-order valence-corrected chi connectivity index (χ1v) is 6.04. The maximum absolute atomic E-state index is 10.8. The van der Waals surface area contributed by atoms with E-state index in [1.807, 2.05) is 24.3 Å². The van der Waals surface area contributed by atoms with Crippen molar-refractivity contribution in [3.8, 4) is 11.5 Å². The molecule has 18 heavy (non-hydrogen) atoms. The summed E-state index contributed by atoms with van der Waals surface area (Å²) < 4.78 is 6.63. The maximum atomic E-state index is 10.8. The molecular formula is C13H8BrNO3. The van der Waals surface area contributed by atoms with Gasteiger partial charge in [-0.2, -0.15) is 0 Å². The van der Waals surface area contributed by atoms with E-state index in [0.29, 0.717) is 11.5 Å². The fraction of sp³-hybridized carbons (Fsp3) is 0. The number of carboxylic acid groups (broad SMARTS) is 1. The van der Waals surface area contributed by atoms with Gasteiger partial charge < -0.3 is 14.5 Å².